The van der Waals surface area contributed by atoms with Gasteiger partial charge in [0.2, 0.25) is 5.91 Å². The monoisotopic (exact) mass is 492 g/mol. The number of nitrogens with zero attached hydrogens (tertiary/aromatic N) is 2. The first-order chi connectivity index (χ1) is 15.6. The standard InChI is InChI=1S/C25H21BrN2O4/c1-31-20-13-12-17(26)14-19(20)22-21-23(32-28(22)18-10-6-3-7-11-18)25(30)27(24(21)29)15-16-8-4-2-5-9-16/h2-14,21-23H,15H2,1H3/t21-,22-,23+/m1/s1. The minimum atomic E-state index is -0.889. The fourth-order valence-corrected chi connectivity index (χ4v) is 4.82. The van der Waals surface area contributed by atoms with Crippen molar-refractivity contribution in [1.82, 2.24) is 4.90 Å². The van der Waals surface area contributed by atoms with Crippen molar-refractivity contribution >= 4 is 33.4 Å². The van der Waals surface area contributed by atoms with Crippen LogP contribution in [0.25, 0.3) is 0 Å². The topological polar surface area (TPSA) is 59.1 Å². The van der Waals surface area contributed by atoms with Crippen LogP contribution in [0.5, 0.6) is 5.75 Å². The number of ether oxygens (including phenoxy) is 1. The van der Waals surface area contributed by atoms with Crippen LogP contribution in [0.4, 0.5) is 5.69 Å². The molecule has 0 N–H and O–H groups in total. The lowest BCUT2D eigenvalue weighted by Crippen LogP contribution is -2.37. The molecule has 2 fully saturated rings. The highest BCUT2D eigenvalue weighted by molar-refractivity contribution is 9.10. The Bertz CT molecular complexity index is 1160. The van der Waals surface area contributed by atoms with Crippen molar-refractivity contribution in [3.8, 4) is 5.75 Å². The van der Waals surface area contributed by atoms with Crippen molar-refractivity contribution in [2.24, 2.45) is 5.92 Å². The molecule has 3 aromatic carbocycles. The molecular formula is C25H21BrN2O4. The van der Waals surface area contributed by atoms with Crippen LogP contribution in [-0.4, -0.2) is 29.9 Å². The van der Waals surface area contributed by atoms with Crippen molar-refractivity contribution in [2.45, 2.75) is 18.7 Å². The Morgan fingerprint density at radius 1 is 0.938 bits per heavy atom. The van der Waals surface area contributed by atoms with Gasteiger partial charge in [0.15, 0.2) is 6.10 Å². The SMILES string of the molecule is COc1ccc(Br)cc1[C@@H]1[C@H]2C(=O)N(Cc3ccccc3)C(=O)[C@H]2ON1c1ccccc1. The lowest BCUT2D eigenvalue weighted by Gasteiger charge is -2.29. The minimum Gasteiger partial charge on any atom is -0.496 e. The van der Waals surface area contributed by atoms with Crippen LogP contribution in [0.15, 0.2) is 83.3 Å². The number of methoxy groups -OCH3 is 1. The van der Waals surface area contributed by atoms with Gasteiger partial charge in [-0.3, -0.25) is 19.3 Å². The molecule has 0 unspecified atom stereocenters. The molecule has 32 heavy (non-hydrogen) atoms. The predicted octanol–water partition coefficient (Wildman–Crippen LogP) is 4.50. The summed E-state index contributed by atoms with van der Waals surface area (Å²) in [6, 6.07) is 24.1. The van der Waals surface area contributed by atoms with Crippen LogP contribution in [0, 0.1) is 5.92 Å². The number of likely N-dealkylation sites (tertiary alicyclic amines) is 1. The smallest absolute Gasteiger partial charge is 0.262 e. The molecule has 2 amide bonds. The van der Waals surface area contributed by atoms with Gasteiger partial charge in [-0.25, -0.2) is 5.06 Å². The van der Waals surface area contributed by atoms with E-state index in [4.69, 9.17) is 9.57 Å². The van der Waals surface area contributed by atoms with Crippen LogP contribution >= 0.6 is 15.9 Å². The molecule has 2 heterocycles. The summed E-state index contributed by atoms with van der Waals surface area (Å²) in [5.41, 5.74) is 2.44. The molecule has 5 rings (SSSR count). The van der Waals surface area contributed by atoms with E-state index in [0.717, 1.165) is 21.3 Å². The third-order valence-electron chi connectivity index (χ3n) is 5.91. The van der Waals surface area contributed by atoms with Crippen molar-refractivity contribution in [3.05, 3.63) is 94.5 Å². The fraction of sp³-hybridized carbons (Fsp3) is 0.200. The van der Waals surface area contributed by atoms with Gasteiger partial charge < -0.3 is 4.74 Å². The first-order valence-electron chi connectivity index (χ1n) is 10.3. The highest BCUT2D eigenvalue weighted by atomic mass is 79.9. The fourth-order valence-electron chi connectivity index (χ4n) is 4.44. The van der Waals surface area contributed by atoms with Gasteiger partial charge in [0.1, 0.15) is 11.7 Å². The highest BCUT2D eigenvalue weighted by Gasteiger charge is 2.60. The highest BCUT2D eigenvalue weighted by Crippen LogP contribution is 2.49. The minimum absolute atomic E-state index is 0.225. The van der Waals surface area contributed by atoms with E-state index in [1.807, 2.05) is 78.9 Å². The Hall–Kier alpha value is -3.16. The summed E-state index contributed by atoms with van der Waals surface area (Å²) in [5.74, 6) is -0.615. The quantitative estimate of drug-likeness (QED) is 0.490. The number of rotatable bonds is 5. The van der Waals surface area contributed by atoms with E-state index in [0.29, 0.717) is 5.75 Å². The summed E-state index contributed by atoms with van der Waals surface area (Å²) >= 11 is 3.53. The number of anilines is 1. The number of imide groups is 1. The number of amides is 2. The second-order valence-electron chi connectivity index (χ2n) is 7.79. The van der Waals surface area contributed by atoms with Crippen LogP contribution in [-0.2, 0) is 21.0 Å². The summed E-state index contributed by atoms with van der Waals surface area (Å²) < 4.78 is 6.47. The summed E-state index contributed by atoms with van der Waals surface area (Å²) in [4.78, 5) is 34.4. The molecule has 6 nitrogen and oxygen atoms in total. The molecular weight excluding hydrogens is 472 g/mol. The van der Waals surface area contributed by atoms with Gasteiger partial charge in [-0.2, -0.15) is 0 Å². The molecule has 0 aliphatic carbocycles. The number of halogens is 1. The van der Waals surface area contributed by atoms with Crippen LogP contribution < -0.4 is 9.80 Å². The molecule has 0 radical (unpaired) electrons. The van der Waals surface area contributed by atoms with Gasteiger partial charge in [0, 0.05) is 10.0 Å². The molecule has 7 heteroatoms. The van der Waals surface area contributed by atoms with Crippen molar-refractivity contribution in [3.63, 3.8) is 0 Å². The zero-order chi connectivity index (χ0) is 22.2. The molecule has 2 aliphatic rings. The summed E-state index contributed by atoms with van der Waals surface area (Å²) in [7, 11) is 1.59. The Labute approximate surface area is 194 Å². The lowest BCUT2D eigenvalue weighted by molar-refractivity contribution is -0.143. The summed E-state index contributed by atoms with van der Waals surface area (Å²) in [6.07, 6.45) is -0.889. The number of para-hydroxylation sites is 1. The zero-order valence-electron chi connectivity index (χ0n) is 17.4. The van der Waals surface area contributed by atoms with E-state index in [1.165, 1.54) is 4.90 Å². The Kier molecular flexibility index (Phi) is 5.45. The largest absolute Gasteiger partial charge is 0.496 e. The van der Waals surface area contributed by atoms with Crippen LogP contribution in [0.2, 0.25) is 0 Å². The molecule has 2 saturated heterocycles. The van der Waals surface area contributed by atoms with E-state index < -0.39 is 18.1 Å². The van der Waals surface area contributed by atoms with E-state index in [2.05, 4.69) is 15.9 Å². The maximum absolute atomic E-state index is 13.6. The van der Waals surface area contributed by atoms with Crippen molar-refractivity contribution < 1.29 is 19.2 Å². The third-order valence-corrected chi connectivity index (χ3v) is 6.40. The maximum atomic E-state index is 13.6. The number of carbonyl (C=O) groups excluding carboxylic acids is 2. The molecule has 2 aliphatic heterocycles. The number of benzene rings is 3. The average molecular weight is 493 g/mol. The molecule has 0 saturated carbocycles. The van der Waals surface area contributed by atoms with Crippen LogP contribution in [0.1, 0.15) is 17.2 Å². The second kappa shape index (κ2) is 8.41. The maximum Gasteiger partial charge on any atom is 0.262 e. The number of hydroxylamine groups is 1. The number of hydrogen-bond acceptors (Lipinski definition) is 5. The molecule has 3 atom stereocenters. The van der Waals surface area contributed by atoms with E-state index in [9.17, 15) is 9.59 Å². The average Bonchev–Trinajstić information content (AvgIpc) is 3.32. The lowest BCUT2D eigenvalue weighted by atomic mass is 9.90. The van der Waals surface area contributed by atoms with Gasteiger partial charge in [-0.15, -0.1) is 0 Å². The number of hydrogen-bond donors (Lipinski definition) is 0. The third kappa shape index (κ3) is 3.47. The Morgan fingerprint density at radius 2 is 1.62 bits per heavy atom. The first-order valence-corrected chi connectivity index (χ1v) is 11.1. The van der Waals surface area contributed by atoms with Crippen LogP contribution in [0.3, 0.4) is 0 Å². The summed E-state index contributed by atoms with van der Waals surface area (Å²) in [6.45, 7) is 0.225. The zero-order valence-corrected chi connectivity index (χ0v) is 18.9. The normalized spacial score (nSPS) is 22.4. The van der Waals surface area contributed by atoms with Gasteiger partial charge in [0.25, 0.3) is 5.91 Å². The molecule has 0 spiro atoms. The Balaban J connectivity index is 1.58. The Morgan fingerprint density at radius 3 is 2.31 bits per heavy atom. The van der Waals surface area contributed by atoms with Gasteiger partial charge >= 0.3 is 0 Å². The summed E-state index contributed by atoms with van der Waals surface area (Å²) in [5, 5.41) is 1.68. The van der Waals surface area contributed by atoms with Gasteiger partial charge in [0.05, 0.1) is 25.4 Å². The molecule has 3 aromatic rings. The first kappa shape index (κ1) is 20.7. The van der Waals surface area contributed by atoms with Crippen molar-refractivity contribution in [1.29, 1.82) is 0 Å². The van der Waals surface area contributed by atoms with E-state index in [1.54, 1.807) is 12.2 Å². The van der Waals surface area contributed by atoms with E-state index >= 15 is 0 Å². The molecule has 162 valence electrons. The number of carbonyl (C=O) groups is 2. The van der Waals surface area contributed by atoms with Gasteiger partial charge in [-0.05, 0) is 35.9 Å². The molecule has 0 aromatic heterocycles. The van der Waals surface area contributed by atoms with E-state index in [-0.39, 0.29) is 18.4 Å². The number of fused-ring (bicyclic) bond motifs is 1. The molecule has 0 bridgehead atoms. The predicted molar refractivity (Wildman–Crippen MR) is 123 cm³/mol. The second-order valence-corrected chi connectivity index (χ2v) is 8.71. The van der Waals surface area contributed by atoms with Gasteiger partial charge in [-0.1, -0.05) is 64.5 Å². The van der Waals surface area contributed by atoms with Crippen molar-refractivity contribution in [2.75, 3.05) is 12.2 Å².